The minimum absolute atomic E-state index is 0.0825. The quantitative estimate of drug-likeness (QED) is 0.779. The van der Waals surface area contributed by atoms with Crippen LogP contribution in [0.3, 0.4) is 0 Å². The van der Waals surface area contributed by atoms with Gasteiger partial charge in [0.15, 0.2) is 0 Å². The first-order chi connectivity index (χ1) is 10.7. The molecule has 0 aliphatic heterocycles. The second-order valence-electron chi connectivity index (χ2n) is 6.35. The zero-order valence-corrected chi connectivity index (χ0v) is 12.7. The molecule has 0 unspecified atom stereocenters. The number of hydrogen-bond acceptors (Lipinski definition) is 2. The summed E-state index contributed by atoms with van der Waals surface area (Å²) in [6, 6.07) is 7.42. The fraction of sp³-hybridized carbons (Fsp3) is 0.529. The number of nitrogens with one attached hydrogen (secondary N) is 3. The van der Waals surface area contributed by atoms with Crippen LogP contribution in [0.5, 0.6) is 0 Å². The second kappa shape index (κ2) is 6.81. The van der Waals surface area contributed by atoms with Gasteiger partial charge < -0.3 is 16.0 Å². The third-order valence-electron chi connectivity index (χ3n) is 4.29. The first kappa shape index (κ1) is 14.9. The van der Waals surface area contributed by atoms with Crippen LogP contribution < -0.4 is 16.0 Å². The predicted octanol–water partition coefficient (Wildman–Crippen LogP) is 3.49. The normalized spacial score (nSPS) is 18.0. The Hall–Kier alpha value is -2.04. The molecular weight excluding hydrogens is 278 g/mol. The lowest BCUT2D eigenvalue weighted by Crippen LogP contribution is -2.30. The van der Waals surface area contributed by atoms with Crippen molar-refractivity contribution in [2.75, 3.05) is 10.6 Å². The molecule has 118 valence electrons. The molecule has 0 bridgehead atoms. The Morgan fingerprint density at radius 2 is 1.50 bits per heavy atom. The van der Waals surface area contributed by atoms with Crippen LogP contribution in [0, 0.1) is 5.92 Å². The van der Waals surface area contributed by atoms with Gasteiger partial charge in [0.1, 0.15) is 0 Å². The molecule has 1 aromatic carbocycles. The highest BCUT2D eigenvalue weighted by atomic mass is 16.2. The van der Waals surface area contributed by atoms with Crippen LogP contribution >= 0.6 is 0 Å². The zero-order chi connectivity index (χ0) is 15.4. The maximum absolute atomic E-state index is 12.0. The van der Waals surface area contributed by atoms with Crippen LogP contribution in [0.25, 0.3) is 0 Å². The molecule has 0 saturated heterocycles. The van der Waals surface area contributed by atoms with Gasteiger partial charge in [-0.15, -0.1) is 0 Å². The van der Waals surface area contributed by atoms with Crippen molar-refractivity contribution >= 4 is 23.3 Å². The molecule has 2 fully saturated rings. The lowest BCUT2D eigenvalue weighted by atomic mass is 10.0. The van der Waals surface area contributed by atoms with Crippen LogP contribution in [0.2, 0.25) is 0 Å². The SMILES string of the molecule is O=C(CC1CCCC1)Nc1ccc(NC(=O)NC2CC2)cc1. The smallest absolute Gasteiger partial charge is 0.319 e. The summed E-state index contributed by atoms with van der Waals surface area (Å²) in [7, 11) is 0. The number of amides is 3. The lowest BCUT2D eigenvalue weighted by Gasteiger charge is -2.11. The topological polar surface area (TPSA) is 70.2 Å². The molecule has 3 rings (SSSR count). The van der Waals surface area contributed by atoms with Gasteiger partial charge in [0.2, 0.25) is 5.91 Å². The summed E-state index contributed by atoms with van der Waals surface area (Å²) in [5.74, 6) is 0.631. The molecule has 3 N–H and O–H groups in total. The van der Waals surface area contributed by atoms with E-state index in [1.165, 1.54) is 25.7 Å². The van der Waals surface area contributed by atoms with Gasteiger partial charge in [-0.3, -0.25) is 4.79 Å². The van der Waals surface area contributed by atoms with Crippen molar-refractivity contribution in [3.63, 3.8) is 0 Å². The van der Waals surface area contributed by atoms with E-state index < -0.39 is 0 Å². The number of hydrogen-bond donors (Lipinski definition) is 3. The third kappa shape index (κ3) is 4.48. The third-order valence-corrected chi connectivity index (χ3v) is 4.29. The van der Waals surface area contributed by atoms with Crippen LogP contribution in [0.1, 0.15) is 44.9 Å². The summed E-state index contributed by atoms with van der Waals surface area (Å²) < 4.78 is 0. The molecule has 0 heterocycles. The summed E-state index contributed by atoms with van der Waals surface area (Å²) in [5, 5.41) is 8.58. The summed E-state index contributed by atoms with van der Waals surface area (Å²) in [6.45, 7) is 0. The second-order valence-corrected chi connectivity index (χ2v) is 6.35. The molecule has 5 nitrogen and oxygen atoms in total. The van der Waals surface area contributed by atoms with E-state index in [-0.39, 0.29) is 11.9 Å². The molecule has 2 aliphatic carbocycles. The summed E-state index contributed by atoms with van der Waals surface area (Å²) in [4.78, 5) is 23.6. The van der Waals surface area contributed by atoms with Crippen molar-refractivity contribution in [3.05, 3.63) is 24.3 Å². The maximum Gasteiger partial charge on any atom is 0.319 e. The van der Waals surface area contributed by atoms with Crippen LogP contribution in [-0.4, -0.2) is 18.0 Å². The molecule has 0 spiro atoms. The molecule has 2 aliphatic rings. The van der Waals surface area contributed by atoms with Gasteiger partial charge in [-0.2, -0.15) is 0 Å². The average molecular weight is 301 g/mol. The van der Waals surface area contributed by atoms with Gasteiger partial charge in [0.25, 0.3) is 0 Å². The summed E-state index contributed by atoms with van der Waals surface area (Å²) in [5.41, 5.74) is 1.50. The van der Waals surface area contributed by atoms with Gasteiger partial charge in [-0.1, -0.05) is 12.8 Å². The van der Waals surface area contributed by atoms with Crippen LogP contribution in [0.4, 0.5) is 16.2 Å². The molecule has 5 heteroatoms. The number of anilines is 2. The van der Waals surface area contributed by atoms with Gasteiger partial charge >= 0.3 is 6.03 Å². The highest BCUT2D eigenvalue weighted by Crippen LogP contribution is 2.27. The molecular formula is C17H23N3O2. The van der Waals surface area contributed by atoms with E-state index in [4.69, 9.17) is 0 Å². The minimum atomic E-state index is -0.166. The van der Waals surface area contributed by atoms with E-state index in [0.717, 1.165) is 24.2 Å². The highest BCUT2D eigenvalue weighted by molar-refractivity contribution is 5.92. The van der Waals surface area contributed by atoms with Crippen LogP contribution in [-0.2, 0) is 4.79 Å². The number of benzene rings is 1. The zero-order valence-electron chi connectivity index (χ0n) is 12.7. The largest absolute Gasteiger partial charge is 0.335 e. The van der Waals surface area contributed by atoms with Gasteiger partial charge in [0.05, 0.1) is 0 Å². The van der Waals surface area contributed by atoms with Gasteiger partial charge in [0, 0.05) is 23.8 Å². The molecule has 2 saturated carbocycles. The molecule has 22 heavy (non-hydrogen) atoms. The van der Waals surface area contributed by atoms with Crippen molar-refractivity contribution in [2.24, 2.45) is 5.92 Å². The predicted molar refractivity (Wildman–Crippen MR) is 86.8 cm³/mol. The van der Waals surface area contributed by atoms with Crippen molar-refractivity contribution in [1.29, 1.82) is 0 Å². The first-order valence-electron chi connectivity index (χ1n) is 8.16. The molecule has 0 radical (unpaired) electrons. The van der Waals surface area contributed by atoms with Crippen molar-refractivity contribution in [1.82, 2.24) is 5.32 Å². The first-order valence-corrected chi connectivity index (χ1v) is 8.16. The van der Waals surface area contributed by atoms with Crippen molar-refractivity contribution < 1.29 is 9.59 Å². The van der Waals surface area contributed by atoms with E-state index >= 15 is 0 Å². The molecule has 0 atom stereocenters. The van der Waals surface area contributed by atoms with Crippen molar-refractivity contribution in [2.45, 2.75) is 51.0 Å². The Balaban J connectivity index is 1.45. The Kier molecular flexibility index (Phi) is 4.61. The van der Waals surface area contributed by atoms with E-state index in [0.29, 0.717) is 18.4 Å². The highest BCUT2D eigenvalue weighted by Gasteiger charge is 2.23. The summed E-state index contributed by atoms with van der Waals surface area (Å²) >= 11 is 0. The maximum atomic E-state index is 12.0. The Morgan fingerprint density at radius 1 is 0.909 bits per heavy atom. The van der Waals surface area contributed by atoms with Gasteiger partial charge in [-0.25, -0.2) is 4.79 Å². The van der Waals surface area contributed by atoms with Crippen LogP contribution in [0.15, 0.2) is 24.3 Å². The monoisotopic (exact) mass is 301 g/mol. The fourth-order valence-electron chi connectivity index (χ4n) is 2.91. The lowest BCUT2D eigenvalue weighted by molar-refractivity contribution is -0.117. The molecule has 3 amide bonds. The standard InChI is InChI=1S/C17H23N3O2/c21-16(11-12-3-1-2-4-12)18-13-5-7-14(8-6-13)19-17(22)20-15-9-10-15/h5-8,12,15H,1-4,9-11H2,(H,18,21)(H2,19,20,22). The van der Waals surface area contributed by atoms with Crippen molar-refractivity contribution in [3.8, 4) is 0 Å². The number of carbonyl (C=O) groups is 2. The van der Waals surface area contributed by atoms with Gasteiger partial charge in [-0.05, 0) is 55.9 Å². The van der Waals surface area contributed by atoms with E-state index in [1.807, 2.05) is 12.1 Å². The minimum Gasteiger partial charge on any atom is -0.335 e. The average Bonchev–Trinajstić information content (AvgIpc) is 3.14. The molecule has 1 aromatic rings. The fourth-order valence-corrected chi connectivity index (χ4v) is 2.91. The number of urea groups is 1. The molecule has 0 aromatic heterocycles. The Bertz CT molecular complexity index is 531. The van der Waals surface area contributed by atoms with E-state index in [1.54, 1.807) is 12.1 Å². The Labute approximate surface area is 130 Å². The van der Waals surface area contributed by atoms with E-state index in [2.05, 4.69) is 16.0 Å². The Morgan fingerprint density at radius 3 is 2.09 bits per heavy atom. The van der Waals surface area contributed by atoms with E-state index in [9.17, 15) is 9.59 Å². The number of rotatable bonds is 5. The number of carbonyl (C=O) groups excluding carboxylic acids is 2. The summed E-state index contributed by atoms with van der Waals surface area (Å²) in [6.07, 6.45) is 7.60.